The molecule has 3 rings (SSSR count). The Hall–Kier alpha value is -3.01. The zero-order valence-corrected chi connectivity index (χ0v) is 17.5. The Labute approximate surface area is 178 Å². The van der Waals surface area contributed by atoms with Crippen LogP contribution in [0.5, 0.6) is 5.75 Å². The lowest BCUT2D eigenvalue weighted by Crippen LogP contribution is -2.14. The number of aryl methyl sites for hydroxylation is 1. The van der Waals surface area contributed by atoms with E-state index in [1.165, 1.54) is 11.8 Å². The number of hydrogen-bond donors (Lipinski definition) is 1. The molecule has 0 aliphatic rings. The predicted molar refractivity (Wildman–Crippen MR) is 116 cm³/mol. The van der Waals surface area contributed by atoms with Gasteiger partial charge in [0.25, 0.3) is 0 Å². The van der Waals surface area contributed by atoms with E-state index in [0.29, 0.717) is 21.3 Å². The second kappa shape index (κ2) is 9.46. The molecule has 0 saturated heterocycles. The van der Waals surface area contributed by atoms with E-state index >= 15 is 0 Å². The number of ether oxygens (including phenoxy) is 1. The molecule has 146 valence electrons. The number of pyridine rings is 1. The molecule has 0 atom stereocenters. The second-order valence-corrected chi connectivity index (χ2v) is 7.56. The summed E-state index contributed by atoms with van der Waals surface area (Å²) in [5, 5.41) is 13.3. The van der Waals surface area contributed by atoms with Crippen molar-refractivity contribution in [2.75, 3.05) is 18.2 Å². The van der Waals surface area contributed by atoms with Crippen LogP contribution in [0, 0.1) is 18.3 Å². The number of anilines is 1. The molecule has 1 N–H and O–H groups in total. The Kier molecular flexibility index (Phi) is 6.76. The number of carbonyl (C=O) groups excluding carboxylic acids is 1. The Morgan fingerprint density at radius 3 is 2.62 bits per heavy atom. The molecule has 3 aromatic rings. The number of rotatable bonds is 6. The van der Waals surface area contributed by atoms with Crippen molar-refractivity contribution in [1.29, 1.82) is 5.26 Å². The first-order valence-corrected chi connectivity index (χ1v) is 10.1. The van der Waals surface area contributed by atoms with Crippen LogP contribution >= 0.6 is 23.4 Å². The van der Waals surface area contributed by atoms with Gasteiger partial charge in [-0.1, -0.05) is 29.4 Å². The summed E-state index contributed by atoms with van der Waals surface area (Å²) in [6.07, 6.45) is 0. The molecule has 0 radical (unpaired) electrons. The van der Waals surface area contributed by atoms with Crippen LogP contribution in [0.25, 0.3) is 11.3 Å². The van der Waals surface area contributed by atoms with Gasteiger partial charge in [0.2, 0.25) is 5.91 Å². The first-order valence-electron chi connectivity index (χ1n) is 8.74. The molecule has 0 aliphatic carbocycles. The number of nitriles is 1. The topological polar surface area (TPSA) is 75.0 Å². The molecule has 2 aromatic carbocycles. The summed E-state index contributed by atoms with van der Waals surface area (Å²) in [5.74, 6) is 0.680. The van der Waals surface area contributed by atoms with Gasteiger partial charge in [-0.2, -0.15) is 5.26 Å². The number of hydrogen-bond acceptors (Lipinski definition) is 5. The van der Waals surface area contributed by atoms with Crippen molar-refractivity contribution in [1.82, 2.24) is 4.98 Å². The van der Waals surface area contributed by atoms with Crippen molar-refractivity contribution in [3.05, 3.63) is 70.7 Å². The summed E-state index contributed by atoms with van der Waals surface area (Å²) in [4.78, 5) is 16.9. The fourth-order valence-corrected chi connectivity index (χ4v) is 3.51. The summed E-state index contributed by atoms with van der Waals surface area (Å²) in [5.41, 5.74) is 3.62. The van der Waals surface area contributed by atoms with E-state index in [1.54, 1.807) is 31.4 Å². The van der Waals surface area contributed by atoms with Gasteiger partial charge < -0.3 is 10.1 Å². The Morgan fingerprint density at radius 1 is 1.21 bits per heavy atom. The van der Waals surface area contributed by atoms with Gasteiger partial charge in [-0.25, -0.2) is 4.98 Å². The van der Waals surface area contributed by atoms with Crippen LogP contribution in [0.3, 0.4) is 0 Å². The van der Waals surface area contributed by atoms with E-state index in [4.69, 9.17) is 16.3 Å². The molecule has 0 unspecified atom stereocenters. The first-order chi connectivity index (χ1) is 14.0. The van der Waals surface area contributed by atoms with Gasteiger partial charge in [0, 0.05) is 16.3 Å². The minimum atomic E-state index is -0.199. The van der Waals surface area contributed by atoms with Crippen molar-refractivity contribution >= 4 is 35.0 Å². The van der Waals surface area contributed by atoms with E-state index in [9.17, 15) is 10.1 Å². The number of aromatic nitrogens is 1. The fraction of sp³-hybridized carbons (Fsp3) is 0.136. The van der Waals surface area contributed by atoms with Crippen molar-refractivity contribution in [2.24, 2.45) is 0 Å². The van der Waals surface area contributed by atoms with Crippen molar-refractivity contribution in [3.63, 3.8) is 0 Å². The van der Waals surface area contributed by atoms with E-state index in [2.05, 4.69) is 16.4 Å². The molecule has 29 heavy (non-hydrogen) atoms. The quantitative estimate of drug-likeness (QED) is 0.543. The highest BCUT2D eigenvalue weighted by atomic mass is 35.5. The maximum absolute atomic E-state index is 12.3. The summed E-state index contributed by atoms with van der Waals surface area (Å²) < 4.78 is 5.17. The number of nitrogens with one attached hydrogen (secondary N) is 1. The Bertz CT molecular complexity index is 1080. The third kappa shape index (κ3) is 5.29. The monoisotopic (exact) mass is 423 g/mol. The zero-order chi connectivity index (χ0) is 20.8. The SMILES string of the molecule is COc1ccc(-c2ccc(C#N)c(SCC(=O)Nc3ccc(C)c(Cl)c3)n2)cc1. The lowest BCUT2D eigenvalue weighted by molar-refractivity contribution is -0.113. The van der Waals surface area contributed by atoms with Gasteiger partial charge in [-0.3, -0.25) is 4.79 Å². The van der Waals surface area contributed by atoms with Gasteiger partial charge in [-0.05, 0) is 61.0 Å². The molecule has 5 nitrogen and oxygen atoms in total. The molecule has 0 fully saturated rings. The van der Waals surface area contributed by atoms with Crippen LogP contribution in [-0.2, 0) is 4.79 Å². The second-order valence-electron chi connectivity index (χ2n) is 6.19. The molecule has 1 heterocycles. The Balaban J connectivity index is 1.72. The van der Waals surface area contributed by atoms with Gasteiger partial charge in [0.1, 0.15) is 16.8 Å². The Morgan fingerprint density at radius 2 is 1.97 bits per heavy atom. The number of nitrogens with zero attached hydrogens (tertiary/aromatic N) is 2. The van der Waals surface area contributed by atoms with Crippen molar-refractivity contribution in [3.8, 4) is 23.1 Å². The van der Waals surface area contributed by atoms with Crippen LogP contribution in [0.15, 0.2) is 59.6 Å². The summed E-state index contributed by atoms with van der Waals surface area (Å²) in [7, 11) is 1.61. The van der Waals surface area contributed by atoms with E-state index in [0.717, 1.165) is 22.6 Å². The molecule has 0 aliphatic heterocycles. The fourth-order valence-electron chi connectivity index (χ4n) is 2.56. The first kappa shape index (κ1) is 20.7. The van der Waals surface area contributed by atoms with E-state index < -0.39 is 0 Å². The van der Waals surface area contributed by atoms with Crippen molar-refractivity contribution < 1.29 is 9.53 Å². The molecule has 0 spiro atoms. The molecule has 0 saturated carbocycles. The highest BCUT2D eigenvalue weighted by Gasteiger charge is 2.11. The molecular formula is C22H18ClN3O2S. The van der Waals surface area contributed by atoms with Gasteiger partial charge in [-0.15, -0.1) is 0 Å². The average molecular weight is 424 g/mol. The minimum Gasteiger partial charge on any atom is -0.497 e. The van der Waals surface area contributed by atoms with Crippen LogP contribution in [0.2, 0.25) is 5.02 Å². The molecule has 0 bridgehead atoms. The summed E-state index contributed by atoms with van der Waals surface area (Å²) in [6, 6.07) is 18.5. The molecule has 7 heteroatoms. The van der Waals surface area contributed by atoms with Gasteiger partial charge >= 0.3 is 0 Å². The lowest BCUT2D eigenvalue weighted by atomic mass is 10.1. The largest absolute Gasteiger partial charge is 0.497 e. The van der Waals surface area contributed by atoms with Crippen LogP contribution in [-0.4, -0.2) is 23.8 Å². The zero-order valence-electron chi connectivity index (χ0n) is 15.9. The highest BCUT2D eigenvalue weighted by molar-refractivity contribution is 8.00. The number of benzene rings is 2. The third-order valence-electron chi connectivity index (χ3n) is 4.16. The lowest BCUT2D eigenvalue weighted by Gasteiger charge is -2.09. The minimum absolute atomic E-state index is 0.124. The molecule has 1 aromatic heterocycles. The van der Waals surface area contributed by atoms with Crippen LogP contribution < -0.4 is 10.1 Å². The molecule has 1 amide bonds. The number of thioether (sulfide) groups is 1. The van der Waals surface area contributed by atoms with E-state index in [1.807, 2.05) is 37.3 Å². The number of amides is 1. The van der Waals surface area contributed by atoms with Crippen LogP contribution in [0.1, 0.15) is 11.1 Å². The molecular weight excluding hydrogens is 406 g/mol. The smallest absolute Gasteiger partial charge is 0.234 e. The van der Waals surface area contributed by atoms with Gasteiger partial charge in [0.15, 0.2) is 0 Å². The maximum atomic E-state index is 12.3. The number of carbonyl (C=O) groups is 1. The average Bonchev–Trinajstić information content (AvgIpc) is 2.74. The predicted octanol–water partition coefficient (Wildman–Crippen LogP) is 5.32. The maximum Gasteiger partial charge on any atom is 0.234 e. The summed E-state index contributed by atoms with van der Waals surface area (Å²) in [6.45, 7) is 1.90. The highest BCUT2D eigenvalue weighted by Crippen LogP contribution is 2.27. The number of halogens is 1. The van der Waals surface area contributed by atoms with Crippen molar-refractivity contribution in [2.45, 2.75) is 11.9 Å². The third-order valence-corrected chi connectivity index (χ3v) is 5.56. The van der Waals surface area contributed by atoms with Gasteiger partial charge in [0.05, 0.1) is 24.1 Å². The van der Waals surface area contributed by atoms with E-state index in [-0.39, 0.29) is 11.7 Å². The number of methoxy groups -OCH3 is 1. The normalized spacial score (nSPS) is 10.3. The van der Waals surface area contributed by atoms with Crippen LogP contribution in [0.4, 0.5) is 5.69 Å². The summed E-state index contributed by atoms with van der Waals surface area (Å²) >= 11 is 7.31. The standard InChI is InChI=1S/C22H18ClN3O2S/c1-14-3-7-17(11-19(14)23)25-21(27)13-29-22-16(12-24)6-10-20(26-22)15-4-8-18(28-2)9-5-15/h3-11H,13H2,1-2H3,(H,25,27).